The summed E-state index contributed by atoms with van der Waals surface area (Å²) in [5.74, 6) is -1.10. The second kappa shape index (κ2) is 64.5. The molecule has 0 aliphatic heterocycles. The van der Waals surface area contributed by atoms with E-state index in [2.05, 4.69) is 215 Å². The molecular weight excluding hydrogens is 973 g/mol. The lowest BCUT2D eigenvalue weighted by atomic mass is 10.1. The van der Waals surface area contributed by atoms with Gasteiger partial charge in [0.1, 0.15) is 13.2 Å². The highest BCUT2D eigenvalue weighted by molar-refractivity contribution is 5.71. The Hall–Kier alpha value is -6.01. The normalized spacial score (nSPS) is 13.6. The molecular formula is C73H108O6. The number of rotatable bonds is 52. The Balaban J connectivity index is 4.46. The van der Waals surface area contributed by atoms with Gasteiger partial charge in [-0.1, -0.05) is 247 Å². The predicted molar refractivity (Wildman–Crippen MR) is 343 cm³/mol. The van der Waals surface area contributed by atoms with E-state index in [0.29, 0.717) is 12.8 Å². The molecule has 436 valence electrons. The van der Waals surface area contributed by atoms with Gasteiger partial charge in [0.05, 0.1) is 0 Å². The standard InChI is InChI=1S/C73H108O6/c1-4-7-10-13-16-19-22-25-27-28-29-30-31-32-33-34-35-36-37-38-39-40-41-42-43-44-46-48-51-54-57-60-63-66-72(75)78-69-70(68-77-71(74)65-62-59-56-53-50-47-24-21-18-15-12-9-6-3)79-73(76)67-64-61-58-55-52-49-45-26-23-20-17-14-11-8-5-2/h7-12,16-21,25-27,29-30,32-33,35-36,38-39,41-42,44-47,50-51,54,56,59,70H,4-6,13-15,22-24,28,31,34,37,40,43,48-49,52-53,55,57-58,60-69H2,1-3H3/b10-7-,11-8-,12-9-,19-16-,20-17-,21-18-,27-25-,30-29-,33-32-,36-35-,39-38-,42-41-,45-26-,46-44-,50-47-,54-51-,59-56-. The van der Waals surface area contributed by atoms with Crippen molar-refractivity contribution in [2.24, 2.45) is 0 Å². The third-order valence-corrected chi connectivity index (χ3v) is 11.8. The zero-order chi connectivity index (χ0) is 57.1. The van der Waals surface area contributed by atoms with Crippen molar-refractivity contribution in [3.05, 3.63) is 207 Å². The summed E-state index contributed by atoms with van der Waals surface area (Å²) in [6, 6.07) is 0. The second-order valence-electron chi connectivity index (χ2n) is 19.1. The highest BCUT2D eigenvalue weighted by Gasteiger charge is 2.19. The summed E-state index contributed by atoms with van der Waals surface area (Å²) in [6.45, 7) is 6.15. The van der Waals surface area contributed by atoms with Gasteiger partial charge in [0.2, 0.25) is 0 Å². The molecule has 0 spiro atoms. The van der Waals surface area contributed by atoms with Crippen LogP contribution in [0.25, 0.3) is 0 Å². The summed E-state index contributed by atoms with van der Waals surface area (Å²) in [6.07, 6.45) is 99.9. The van der Waals surface area contributed by atoms with E-state index < -0.39 is 6.10 Å². The summed E-state index contributed by atoms with van der Waals surface area (Å²) in [5.41, 5.74) is 0. The molecule has 0 bridgehead atoms. The van der Waals surface area contributed by atoms with E-state index in [9.17, 15) is 14.4 Å². The van der Waals surface area contributed by atoms with Gasteiger partial charge in [-0.2, -0.15) is 0 Å². The van der Waals surface area contributed by atoms with E-state index >= 15 is 0 Å². The molecule has 1 unspecified atom stereocenters. The van der Waals surface area contributed by atoms with Gasteiger partial charge in [-0.3, -0.25) is 14.4 Å². The van der Waals surface area contributed by atoms with E-state index in [1.807, 2.05) is 12.2 Å². The lowest BCUT2D eigenvalue weighted by Crippen LogP contribution is -2.30. The number of hydrogen-bond donors (Lipinski definition) is 0. The second-order valence-corrected chi connectivity index (χ2v) is 19.1. The molecule has 1 atom stereocenters. The van der Waals surface area contributed by atoms with Gasteiger partial charge in [0, 0.05) is 19.3 Å². The smallest absolute Gasteiger partial charge is 0.306 e. The quantitative estimate of drug-likeness (QED) is 0.0261. The first-order valence-corrected chi connectivity index (χ1v) is 30.6. The van der Waals surface area contributed by atoms with Crippen molar-refractivity contribution in [1.82, 2.24) is 0 Å². The zero-order valence-electron chi connectivity index (χ0n) is 49.8. The Morgan fingerprint density at radius 3 is 0.810 bits per heavy atom. The molecule has 0 heterocycles. The van der Waals surface area contributed by atoms with E-state index in [1.165, 1.54) is 0 Å². The Kier molecular flexibility index (Phi) is 59.6. The van der Waals surface area contributed by atoms with Crippen molar-refractivity contribution in [1.29, 1.82) is 0 Å². The van der Waals surface area contributed by atoms with Gasteiger partial charge in [-0.05, 0) is 154 Å². The van der Waals surface area contributed by atoms with Crippen LogP contribution in [0.1, 0.15) is 213 Å². The molecule has 0 saturated carbocycles. The summed E-state index contributed by atoms with van der Waals surface area (Å²) in [7, 11) is 0. The number of carbonyl (C=O) groups is 3. The third kappa shape index (κ3) is 62.7. The maximum atomic E-state index is 12.8. The monoisotopic (exact) mass is 1080 g/mol. The first-order valence-electron chi connectivity index (χ1n) is 30.6. The first-order chi connectivity index (χ1) is 39.0. The largest absolute Gasteiger partial charge is 0.462 e. The van der Waals surface area contributed by atoms with Gasteiger partial charge in [0.25, 0.3) is 0 Å². The fourth-order valence-electron chi connectivity index (χ4n) is 7.32. The van der Waals surface area contributed by atoms with E-state index in [4.69, 9.17) is 14.2 Å². The fourth-order valence-corrected chi connectivity index (χ4v) is 7.32. The molecule has 0 amide bonds. The molecule has 0 rings (SSSR count). The zero-order valence-corrected chi connectivity index (χ0v) is 49.8. The van der Waals surface area contributed by atoms with Crippen LogP contribution in [-0.2, 0) is 28.6 Å². The van der Waals surface area contributed by atoms with Gasteiger partial charge in [-0.15, -0.1) is 0 Å². The van der Waals surface area contributed by atoms with Crippen molar-refractivity contribution >= 4 is 17.9 Å². The van der Waals surface area contributed by atoms with E-state index in [1.54, 1.807) is 0 Å². The number of unbranched alkanes of at least 4 members (excludes halogenated alkanes) is 7. The molecule has 0 fully saturated rings. The maximum absolute atomic E-state index is 12.8. The van der Waals surface area contributed by atoms with Crippen LogP contribution in [0.3, 0.4) is 0 Å². The van der Waals surface area contributed by atoms with Crippen molar-refractivity contribution in [2.45, 2.75) is 219 Å². The Morgan fingerprint density at radius 2 is 0.481 bits per heavy atom. The van der Waals surface area contributed by atoms with Crippen LogP contribution < -0.4 is 0 Å². The number of allylic oxidation sites excluding steroid dienone is 34. The first kappa shape index (κ1) is 73.0. The van der Waals surface area contributed by atoms with Crippen molar-refractivity contribution in [3.63, 3.8) is 0 Å². The van der Waals surface area contributed by atoms with Crippen molar-refractivity contribution < 1.29 is 28.6 Å². The molecule has 79 heavy (non-hydrogen) atoms. The predicted octanol–water partition coefficient (Wildman–Crippen LogP) is 21.2. The van der Waals surface area contributed by atoms with Crippen LogP contribution in [0, 0.1) is 0 Å². The van der Waals surface area contributed by atoms with Crippen LogP contribution in [0.4, 0.5) is 0 Å². The van der Waals surface area contributed by atoms with Crippen molar-refractivity contribution in [2.75, 3.05) is 13.2 Å². The fraction of sp³-hybridized carbons (Fsp3) is 0.493. The van der Waals surface area contributed by atoms with Gasteiger partial charge < -0.3 is 14.2 Å². The van der Waals surface area contributed by atoms with Crippen LogP contribution in [0.5, 0.6) is 0 Å². The van der Waals surface area contributed by atoms with Gasteiger partial charge in [0.15, 0.2) is 6.10 Å². The molecule has 0 aliphatic rings. The minimum absolute atomic E-state index is 0.142. The Morgan fingerprint density at radius 1 is 0.253 bits per heavy atom. The molecule has 0 N–H and O–H groups in total. The SMILES string of the molecule is CC/C=C\C/C=C\C/C=C\C/C=C\C/C=C\C/C=C\C/C=C\C/C=C\C/C=C\C/C=C\CCCCC(=O)OCC(COC(=O)CC/C=C\C/C=C\C/C=C\C/C=C\CC)OC(=O)CCCCCCC/C=C\C/C=C\C/C=C\CC. The molecule has 0 aromatic rings. The molecule has 0 saturated heterocycles. The summed E-state index contributed by atoms with van der Waals surface area (Å²) >= 11 is 0. The molecule has 6 heteroatoms. The molecule has 0 aromatic carbocycles. The van der Waals surface area contributed by atoms with Crippen LogP contribution in [-0.4, -0.2) is 37.2 Å². The molecule has 0 radical (unpaired) electrons. The lowest BCUT2D eigenvalue weighted by molar-refractivity contribution is -0.166. The van der Waals surface area contributed by atoms with E-state index in [-0.39, 0.29) is 50.4 Å². The Bertz CT molecular complexity index is 1960. The average Bonchev–Trinajstić information content (AvgIpc) is 3.45. The third-order valence-electron chi connectivity index (χ3n) is 11.8. The number of ether oxygens (including phenoxy) is 3. The maximum Gasteiger partial charge on any atom is 0.306 e. The van der Waals surface area contributed by atoms with Crippen LogP contribution >= 0.6 is 0 Å². The summed E-state index contributed by atoms with van der Waals surface area (Å²) in [4.78, 5) is 38.1. The highest BCUT2D eigenvalue weighted by Crippen LogP contribution is 2.11. The highest BCUT2D eigenvalue weighted by atomic mass is 16.6. The minimum atomic E-state index is -0.847. The van der Waals surface area contributed by atoms with E-state index in [0.717, 1.165) is 161 Å². The van der Waals surface area contributed by atoms with Crippen molar-refractivity contribution in [3.8, 4) is 0 Å². The number of hydrogen-bond acceptors (Lipinski definition) is 6. The lowest BCUT2D eigenvalue weighted by Gasteiger charge is -2.18. The van der Waals surface area contributed by atoms with Gasteiger partial charge >= 0.3 is 17.9 Å². The van der Waals surface area contributed by atoms with Crippen LogP contribution in [0.15, 0.2) is 207 Å². The van der Waals surface area contributed by atoms with Gasteiger partial charge in [-0.25, -0.2) is 0 Å². The molecule has 6 nitrogen and oxygen atoms in total. The topological polar surface area (TPSA) is 78.9 Å². The molecule has 0 aromatic heterocycles. The summed E-state index contributed by atoms with van der Waals surface area (Å²) in [5, 5.41) is 0. The van der Waals surface area contributed by atoms with Crippen LogP contribution in [0.2, 0.25) is 0 Å². The minimum Gasteiger partial charge on any atom is -0.462 e. The number of carbonyl (C=O) groups excluding carboxylic acids is 3. The number of esters is 3. The average molecular weight is 1080 g/mol. The molecule has 0 aliphatic carbocycles. The Labute approximate surface area is 483 Å². The summed E-state index contributed by atoms with van der Waals surface area (Å²) < 4.78 is 16.7.